The number of thiazole rings is 1. The third-order valence-electron chi connectivity index (χ3n) is 4.09. The molecule has 1 saturated carbocycles. The van der Waals surface area contributed by atoms with Gasteiger partial charge in [0.1, 0.15) is 5.76 Å². The van der Waals surface area contributed by atoms with E-state index in [1.54, 1.807) is 41.0 Å². The molecule has 0 saturated heterocycles. The lowest BCUT2D eigenvalue weighted by molar-refractivity contribution is 0.0920. The average Bonchev–Trinajstić information content (AvgIpc) is 3.16. The number of halogens is 1. The molecule has 138 valence electrons. The SMILES string of the molecule is O=C(NC1CC1)c1ccc(Cn2ccsc2=NC(=O)c2ccccc2Cl)o1. The summed E-state index contributed by atoms with van der Waals surface area (Å²) < 4.78 is 7.43. The van der Waals surface area contributed by atoms with Crippen LogP contribution in [0.1, 0.15) is 39.5 Å². The van der Waals surface area contributed by atoms with Gasteiger partial charge >= 0.3 is 0 Å². The Morgan fingerprint density at radius 2 is 2.07 bits per heavy atom. The number of amides is 2. The molecule has 1 aliphatic rings. The second-order valence-electron chi connectivity index (χ2n) is 6.22. The van der Waals surface area contributed by atoms with Crippen molar-refractivity contribution < 1.29 is 14.0 Å². The van der Waals surface area contributed by atoms with Crippen LogP contribution in [0, 0.1) is 0 Å². The first-order valence-corrected chi connectivity index (χ1v) is 9.73. The molecule has 27 heavy (non-hydrogen) atoms. The van der Waals surface area contributed by atoms with Crippen LogP contribution < -0.4 is 10.1 Å². The molecule has 6 nitrogen and oxygen atoms in total. The first-order chi connectivity index (χ1) is 13.1. The molecule has 4 rings (SSSR count). The lowest BCUT2D eigenvalue weighted by atomic mass is 10.2. The molecule has 1 aromatic carbocycles. The van der Waals surface area contributed by atoms with Crippen molar-refractivity contribution in [3.8, 4) is 0 Å². The van der Waals surface area contributed by atoms with Gasteiger partial charge in [0.05, 0.1) is 17.1 Å². The maximum Gasteiger partial charge on any atom is 0.287 e. The topological polar surface area (TPSA) is 76.6 Å². The summed E-state index contributed by atoms with van der Waals surface area (Å²) in [6.07, 6.45) is 3.86. The van der Waals surface area contributed by atoms with Crippen LogP contribution in [-0.4, -0.2) is 22.4 Å². The van der Waals surface area contributed by atoms with Gasteiger partial charge in [-0.05, 0) is 37.1 Å². The summed E-state index contributed by atoms with van der Waals surface area (Å²) in [7, 11) is 0. The van der Waals surface area contributed by atoms with Gasteiger partial charge in [-0.3, -0.25) is 9.59 Å². The molecule has 2 heterocycles. The zero-order valence-corrected chi connectivity index (χ0v) is 15.8. The number of aromatic nitrogens is 1. The first kappa shape index (κ1) is 17.8. The quantitative estimate of drug-likeness (QED) is 0.711. The van der Waals surface area contributed by atoms with Crippen LogP contribution in [0.2, 0.25) is 5.02 Å². The van der Waals surface area contributed by atoms with Gasteiger partial charge in [0.2, 0.25) is 0 Å². The van der Waals surface area contributed by atoms with E-state index in [1.165, 1.54) is 11.3 Å². The Hall–Kier alpha value is -2.64. The fraction of sp³-hybridized carbons (Fsp3) is 0.211. The molecule has 8 heteroatoms. The van der Waals surface area contributed by atoms with E-state index >= 15 is 0 Å². The summed E-state index contributed by atoms with van der Waals surface area (Å²) in [6.45, 7) is 0.370. The van der Waals surface area contributed by atoms with Crippen LogP contribution in [-0.2, 0) is 6.54 Å². The van der Waals surface area contributed by atoms with E-state index in [0.29, 0.717) is 33.5 Å². The third kappa shape index (κ3) is 4.20. The number of benzene rings is 1. The van der Waals surface area contributed by atoms with Gasteiger partial charge in [-0.15, -0.1) is 11.3 Å². The van der Waals surface area contributed by atoms with Gasteiger partial charge in [-0.25, -0.2) is 0 Å². The lowest BCUT2D eigenvalue weighted by Crippen LogP contribution is -2.24. The van der Waals surface area contributed by atoms with Gasteiger partial charge < -0.3 is 14.3 Å². The Kier molecular flexibility index (Phi) is 4.96. The van der Waals surface area contributed by atoms with E-state index in [9.17, 15) is 9.59 Å². The maximum atomic E-state index is 12.4. The highest BCUT2D eigenvalue weighted by Crippen LogP contribution is 2.20. The molecule has 0 radical (unpaired) electrons. The molecule has 2 aromatic heterocycles. The molecule has 1 aliphatic carbocycles. The zero-order chi connectivity index (χ0) is 18.8. The van der Waals surface area contributed by atoms with Crippen LogP contribution in [0.4, 0.5) is 0 Å². The van der Waals surface area contributed by atoms with E-state index in [-0.39, 0.29) is 11.9 Å². The number of rotatable bonds is 5. The van der Waals surface area contributed by atoms with Crippen LogP contribution in [0.25, 0.3) is 0 Å². The second-order valence-corrected chi connectivity index (χ2v) is 7.50. The Balaban J connectivity index is 1.52. The molecule has 2 amide bonds. The highest BCUT2D eigenvalue weighted by Gasteiger charge is 2.25. The van der Waals surface area contributed by atoms with Crippen molar-refractivity contribution in [3.63, 3.8) is 0 Å². The fourth-order valence-electron chi connectivity index (χ4n) is 2.53. The summed E-state index contributed by atoms with van der Waals surface area (Å²) in [5.74, 6) is 0.304. The van der Waals surface area contributed by atoms with Gasteiger partial charge in [-0.1, -0.05) is 23.7 Å². The number of carbonyl (C=O) groups excluding carboxylic acids is 2. The van der Waals surface area contributed by atoms with Gasteiger partial charge in [0.15, 0.2) is 10.6 Å². The van der Waals surface area contributed by atoms with Crippen molar-refractivity contribution in [3.05, 3.63) is 74.9 Å². The number of nitrogens with zero attached hydrogens (tertiary/aromatic N) is 2. The highest BCUT2D eigenvalue weighted by atomic mass is 35.5. The summed E-state index contributed by atoms with van der Waals surface area (Å²) in [5, 5.41) is 5.09. The number of hydrogen-bond acceptors (Lipinski definition) is 4. The summed E-state index contributed by atoms with van der Waals surface area (Å²) in [5.41, 5.74) is 0.358. The minimum atomic E-state index is -0.402. The average molecular weight is 402 g/mol. The van der Waals surface area contributed by atoms with E-state index in [2.05, 4.69) is 10.3 Å². The van der Waals surface area contributed by atoms with Crippen molar-refractivity contribution in [2.75, 3.05) is 0 Å². The van der Waals surface area contributed by atoms with E-state index in [4.69, 9.17) is 16.0 Å². The Labute approximate surface area is 164 Å². The van der Waals surface area contributed by atoms with Crippen LogP contribution in [0.5, 0.6) is 0 Å². The molecule has 0 unspecified atom stereocenters. The Morgan fingerprint density at radius 3 is 2.85 bits per heavy atom. The minimum Gasteiger partial charge on any atom is -0.454 e. The standard InChI is InChI=1S/C19H16ClN3O3S/c20-15-4-2-1-3-14(15)17(24)22-19-23(9-10-27-19)11-13-7-8-16(26-13)18(25)21-12-5-6-12/h1-4,7-10,12H,5-6,11H2,(H,21,25). The summed E-state index contributed by atoms with van der Waals surface area (Å²) in [4.78, 5) is 29.1. The van der Waals surface area contributed by atoms with Crippen molar-refractivity contribution in [2.45, 2.75) is 25.4 Å². The largest absolute Gasteiger partial charge is 0.454 e. The van der Waals surface area contributed by atoms with E-state index in [0.717, 1.165) is 12.8 Å². The fourth-order valence-corrected chi connectivity index (χ4v) is 3.47. The monoisotopic (exact) mass is 401 g/mol. The molecule has 0 spiro atoms. The smallest absolute Gasteiger partial charge is 0.287 e. The molecule has 1 fully saturated rings. The molecule has 0 bridgehead atoms. The van der Waals surface area contributed by atoms with E-state index in [1.807, 2.05) is 11.6 Å². The van der Waals surface area contributed by atoms with Crippen molar-refractivity contribution in [2.24, 2.45) is 4.99 Å². The van der Waals surface area contributed by atoms with Crippen LogP contribution >= 0.6 is 22.9 Å². The van der Waals surface area contributed by atoms with Gasteiger partial charge in [0, 0.05) is 17.6 Å². The lowest BCUT2D eigenvalue weighted by Gasteiger charge is -2.02. The van der Waals surface area contributed by atoms with Crippen molar-refractivity contribution in [1.29, 1.82) is 0 Å². The Morgan fingerprint density at radius 1 is 1.26 bits per heavy atom. The van der Waals surface area contributed by atoms with Crippen LogP contribution in [0.15, 0.2) is 57.4 Å². The summed E-state index contributed by atoms with van der Waals surface area (Å²) >= 11 is 7.40. The maximum absolute atomic E-state index is 12.4. The molecule has 0 atom stereocenters. The van der Waals surface area contributed by atoms with Crippen molar-refractivity contribution >= 4 is 34.8 Å². The van der Waals surface area contributed by atoms with Gasteiger partial charge in [-0.2, -0.15) is 4.99 Å². The zero-order valence-electron chi connectivity index (χ0n) is 14.2. The third-order valence-corrected chi connectivity index (χ3v) is 5.21. The van der Waals surface area contributed by atoms with E-state index < -0.39 is 5.91 Å². The molecule has 0 aliphatic heterocycles. The predicted molar refractivity (Wildman–Crippen MR) is 102 cm³/mol. The molecular weight excluding hydrogens is 386 g/mol. The second kappa shape index (κ2) is 7.54. The number of nitrogens with one attached hydrogen (secondary N) is 1. The highest BCUT2D eigenvalue weighted by molar-refractivity contribution is 7.07. The summed E-state index contributed by atoms with van der Waals surface area (Å²) in [6, 6.07) is 10.5. The number of hydrogen-bond donors (Lipinski definition) is 1. The van der Waals surface area contributed by atoms with Gasteiger partial charge in [0.25, 0.3) is 11.8 Å². The Bertz CT molecular complexity index is 1060. The number of furan rings is 1. The first-order valence-electron chi connectivity index (χ1n) is 8.47. The normalized spacial score (nSPS) is 14.3. The molecule has 3 aromatic rings. The van der Waals surface area contributed by atoms with Crippen molar-refractivity contribution in [1.82, 2.24) is 9.88 Å². The predicted octanol–water partition coefficient (Wildman–Crippen LogP) is 3.48. The number of carbonyl (C=O) groups is 2. The molecule has 1 N–H and O–H groups in total. The van der Waals surface area contributed by atoms with Crippen LogP contribution in [0.3, 0.4) is 0 Å². The minimum absolute atomic E-state index is 0.196. The molecular formula is C19H16ClN3O3S.